The average Bonchev–Trinajstić information content (AvgIpc) is 3.21. The summed E-state index contributed by atoms with van der Waals surface area (Å²) in [5, 5.41) is 10.2. The van der Waals surface area contributed by atoms with E-state index < -0.39 is 10.9 Å². The highest BCUT2D eigenvalue weighted by atomic mass is 32.2. The van der Waals surface area contributed by atoms with Crippen LogP contribution in [0.2, 0.25) is 0 Å². The number of hydrogen-bond donors (Lipinski definition) is 4. The number of aliphatic hydroxyl groups excluding tert-OH is 1. The highest BCUT2D eigenvalue weighted by molar-refractivity contribution is 7.70. The van der Waals surface area contributed by atoms with Gasteiger partial charge in [-0.2, -0.15) is 0 Å². The monoisotopic (exact) mass is 439 g/mol. The number of ether oxygens (including phenoxy) is 1. The number of benzene rings is 2. The number of pyridine rings is 1. The van der Waals surface area contributed by atoms with Gasteiger partial charge in [0.15, 0.2) is 0 Å². The first-order chi connectivity index (χ1) is 15.0. The molecule has 8 nitrogen and oxygen atoms in total. The fourth-order valence-corrected chi connectivity index (χ4v) is 3.76. The normalized spacial score (nSPS) is 11.3. The van der Waals surface area contributed by atoms with Crippen LogP contribution >= 0.6 is 0 Å². The van der Waals surface area contributed by atoms with Crippen molar-refractivity contribution in [1.82, 2.24) is 14.3 Å². The molecule has 0 aliphatic carbocycles. The Labute approximate surface area is 179 Å². The van der Waals surface area contributed by atoms with Crippen molar-refractivity contribution in [2.24, 2.45) is 7.05 Å². The number of rotatable bonds is 7. The Morgan fingerprint density at radius 2 is 1.87 bits per heavy atom. The van der Waals surface area contributed by atoms with Crippen LogP contribution in [0.4, 0.5) is 0 Å². The molecule has 3 N–H and O–H groups in total. The number of nitrogens with one attached hydrogen (secondary N) is 2. The number of nitrogens with zero attached hydrogens (tertiary/aromatic N) is 1. The van der Waals surface area contributed by atoms with Gasteiger partial charge in [-0.3, -0.25) is 4.79 Å². The van der Waals surface area contributed by atoms with Crippen LogP contribution in [0.15, 0.2) is 65.6 Å². The molecule has 0 fully saturated rings. The average molecular weight is 439 g/mol. The lowest BCUT2D eigenvalue weighted by molar-refractivity contribution is 0.278. The summed E-state index contributed by atoms with van der Waals surface area (Å²) in [7, 11) is -1.08. The van der Waals surface area contributed by atoms with E-state index in [1.165, 1.54) is 4.57 Å². The number of thiol groups is 1. The van der Waals surface area contributed by atoms with E-state index in [4.69, 9.17) is 4.74 Å². The molecule has 0 atom stereocenters. The van der Waals surface area contributed by atoms with Gasteiger partial charge in [0.2, 0.25) is 10.9 Å². The number of aryl methyl sites for hydroxylation is 1. The van der Waals surface area contributed by atoms with Gasteiger partial charge in [0.25, 0.3) is 5.56 Å². The summed E-state index contributed by atoms with van der Waals surface area (Å²) >= 11 is 0. The van der Waals surface area contributed by atoms with Crippen molar-refractivity contribution in [2.45, 2.75) is 13.2 Å². The zero-order valence-electron chi connectivity index (χ0n) is 16.7. The molecule has 2 heterocycles. The molecule has 0 saturated carbocycles. The fraction of sp³-hybridized carbons (Fsp3) is 0.136. The minimum absolute atomic E-state index is 0.126. The summed E-state index contributed by atoms with van der Waals surface area (Å²) in [4.78, 5) is 15.6. The fourth-order valence-electron chi connectivity index (χ4n) is 3.45. The zero-order chi connectivity index (χ0) is 22.0. The third-order valence-corrected chi connectivity index (χ3v) is 5.32. The lowest BCUT2D eigenvalue weighted by Gasteiger charge is -2.15. The molecule has 31 heavy (non-hydrogen) atoms. The van der Waals surface area contributed by atoms with Gasteiger partial charge in [0.1, 0.15) is 17.0 Å². The van der Waals surface area contributed by atoms with Crippen LogP contribution in [0.25, 0.3) is 22.0 Å². The Balaban J connectivity index is 1.92. The van der Waals surface area contributed by atoms with Gasteiger partial charge in [-0.1, -0.05) is 24.3 Å². The first kappa shape index (κ1) is 20.9. The summed E-state index contributed by atoms with van der Waals surface area (Å²) in [5.41, 5.74) is 2.81. The molecule has 0 aliphatic heterocycles. The van der Waals surface area contributed by atoms with E-state index in [0.717, 1.165) is 5.56 Å². The summed E-state index contributed by atoms with van der Waals surface area (Å²) in [6, 6.07) is 16.4. The first-order valence-electron chi connectivity index (χ1n) is 9.52. The van der Waals surface area contributed by atoms with E-state index in [2.05, 4.69) is 9.71 Å². The van der Waals surface area contributed by atoms with Crippen molar-refractivity contribution in [3.8, 4) is 22.6 Å². The van der Waals surface area contributed by atoms with Crippen LogP contribution in [0.5, 0.6) is 11.5 Å². The van der Waals surface area contributed by atoms with Crippen molar-refractivity contribution >= 4 is 21.8 Å². The van der Waals surface area contributed by atoms with E-state index >= 15 is 0 Å². The van der Waals surface area contributed by atoms with Gasteiger partial charge < -0.3 is 19.4 Å². The lowest BCUT2D eigenvalue weighted by Crippen LogP contribution is -2.16. The molecule has 2 aromatic carbocycles. The molecule has 9 heteroatoms. The third-order valence-electron chi connectivity index (χ3n) is 4.91. The summed E-state index contributed by atoms with van der Waals surface area (Å²) in [6.45, 7) is -0.105. The van der Waals surface area contributed by atoms with Gasteiger partial charge in [0, 0.05) is 42.0 Å². The Morgan fingerprint density at radius 3 is 2.58 bits per heavy atom. The number of aromatic nitrogens is 2. The summed E-state index contributed by atoms with van der Waals surface area (Å²) in [5.74, 6) is 1.19. The maximum absolute atomic E-state index is 12.6. The summed E-state index contributed by atoms with van der Waals surface area (Å²) < 4.78 is 31.9. The molecular weight excluding hydrogens is 418 g/mol. The molecule has 0 radical (unpaired) electrons. The molecule has 2 aromatic heterocycles. The lowest BCUT2D eigenvalue weighted by atomic mass is 10.00. The van der Waals surface area contributed by atoms with E-state index in [-0.39, 0.29) is 18.7 Å². The standard InChI is InChI=1S/C22H21N3O5S/c1-25-12-19(18-10-15(13-26)24-21(18)22(25)27)17-9-14(11-23-31(28)29)7-8-20(17)30-16-5-3-2-4-6-16/h2-10,12,24,26,31H,11,13H2,1H3,(H,23,28,29). The molecule has 4 rings (SSSR count). The minimum atomic E-state index is -2.73. The molecular formula is C22H21N3O5S. The second kappa shape index (κ2) is 8.76. The van der Waals surface area contributed by atoms with Crippen LogP contribution in [-0.4, -0.2) is 23.1 Å². The van der Waals surface area contributed by atoms with E-state index in [0.29, 0.717) is 39.2 Å². The Kier molecular flexibility index (Phi) is 5.90. The van der Waals surface area contributed by atoms with Crippen LogP contribution in [0, 0.1) is 0 Å². The predicted molar refractivity (Wildman–Crippen MR) is 119 cm³/mol. The maximum atomic E-state index is 12.6. The van der Waals surface area contributed by atoms with Crippen molar-refractivity contribution in [3.05, 3.63) is 82.4 Å². The number of hydrogen-bond acceptors (Lipinski definition) is 5. The largest absolute Gasteiger partial charge is 0.457 e. The van der Waals surface area contributed by atoms with Gasteiger partial charge in [-0.15, -0.1) is 0 Å². The molecule has 4 aromatic rings. The number of fused-ring (bicyclic) bond motifs is 1. The van der Waals surface area contributed by atoms with Crippen molar-refractivity contribution in [1.29, 1.82) is 0 Å². The molecule has 0 spiro atoms. The topological polar surface area (TPSA) is 113 Å². The summed E-state index contributed by atoms with van der Waals surface area (Å²) in [6.07, 6.45) is 1.71. The maximum Gasteiger partial charge on any atom is 0.274 e. The van der Waals surface area contributed by atoms with Gasteiger partial charge in [-0.25, -0.2) is 13.1 Å². The Bertz CT molecular complexity index is 1370. The minimum Gasteiger partial charge on any atom is -0.457 e. The predicted octanol–water partition coefficient (Wildman–Crippen LogP) is 2.43. The number of aromatic amines is 1. The SMILES string of the molecule is Cn1cc(-c2cc(CN[SH](=O)=O)ccc2Oc2ccccc2)c2cc(CO)[nH]c2c1=O. The Hall–Kier alpha value is -3.40. The van der Waals surface area contributed by atoms with Gasteiger partial charge in [-0.05, 0) is 35.9 Å². The Morgan fingerprint density at radius 1 is 1.10 bits per heavy atom. The van der Waals surface area contributed by atoms with Crippen molar-refractivity contribution < 1.29 is 18.3 Å². The molecule has 160 valence electrons. The van der Waals surface area contributed by atoms with Crippen LogP contribution in [-0.2, 0) is 31.1 Å². The van der Waals surface area contributed by atoms with Crippen LogP contribution in [0.1, 0.15) is 11.3 Å². The molecule has 0 bridgehead atoms. The second-order valence-electron chi connectivity index (χ2n) is 7.04. The molecule has 0 amide bonds. The van der Waals surface area contributed by atoms with E-state index in [9.17, 15) is 18.3 Å². The number of para-hydroxylation sites is 1. The highest BCUT2D eigenvalue weighted by Gasteiger charge is 2.17. The zero-order valence-corrected chi connectivity index (χ0v) is 17.6. The van der Waals surface area contributed by atoms with E-state index in [1.807, 2.05) is 36.4 Å². The smallest absolute Gasteiger partial charge is 0.274 e. The highest BCUT2D eigenvalue weighted by Crippen LogP contribution is 2.37. The quantitative estimate of drug-likeness (QED) is 0.330. The van der Waals surface area contributed by atoms with Crippen molar-refractivity contribution in [2.75, 3.05) is 0 Å². The molecule has 0 saturated heterocycles. The number of aliphatic hydroxyl groups is 1. The van der Waals surface area contributed by atoms with Crippen LogP contribution < -0.4 is 15.0 Å². The molecule has 0 aliphatic rings. The first-order valence-corrected chi connectivity index (χ1v) is 10.7. The number of H-pyrrole nitrogens is 1. The van der Waals surface area contributed by atoms with Crippen molar-refractivity contribution in [3.63, 3.8) is 0 Å². The third kappa shape index (κ3) is 4.38. The van der Waals surface area contributed by atoms with Gasteiger partial charge in [0.05, 0.1) is 6.61 Å². The molecule has 0 unspecified atom stereocenters. The van der Waals surface area contributed by atoms with Crippen LogP contribution in [0.3, 0.4) is 0 Å². The van der Waals surface area contributed by atoms with Gasteiger partial charge >= 0.3 is 0 Å². The second-order valence-corrected chi connectivity index (χ2v) is 7.87. The van der Waals surface area contributed by atoms with E-state index in [1.54, 1.807) is 31.4 Å².